The first-order valence-corrected chi connectivity index (χ1v) is 7.30. The zero-order valence-electron chi connectivity index (χ0n) is 13.4. The summed E-state index contributed by atoms with van der Waals surface area (Å²) < 4.78 is 37.9. The van der Waals surface area contributed by atoms with E-state index in [2.05, 4.69) is 10.3 Å². The molecule has 0 spiro atoms. The van der Waals surface area contributed by atoms with Crippen molar-refractivity contribution in [3.63, 3.8) is 0 Å². The Labute approximate surface area is 138 Å². The van der Waals surface area contributed by atoms with E-state index in [-0.39, 0.29) is 12.2 Å². The molecule has 2 rings (SSSR count). The van der Waals surface area contributed by atoms with Crippen LogP contribution in [0.25, 0.3) is 0 Å². The molecule has 7 heteroatoms. The molecule has 1 heterocycles. The van der Waals surface area contributed by atoms with Gasteiger partial charge in [-0.25, -0.2) is 4.98 Å². The van der Waals surface area contributed by atoms with Crippen LogP contribution in [0.5, 0.6) is 0 Å². The number of alkyl halides is 3. The minimum atomic E-state index is -4.57. The zero-order chi connectivity index (χ0) is 17.7. The van der Waals surface area contributed by atoms with Gasteiger partial charge < -0.3 is 10.2 Å². The van der Waals surface area contributed by atoms with Gasteiger partial charge in [-0.05, 0) is 37.4 Å². The Morgan fingerprint density at radius 1 is 1.12 bits per heavy atom. The number of halogens is 3. The molecule has 0 aliphatic rings. The molecule has 0 aliphatic heterocycles. The molecule has 0 unspecified atom stereocenters. The monoisotopic (exact) mass is 337 g/mol. The summed E-state index contributed by atoms with van der Waals surface area (Å²) >= 11 is 0. The Balaban J connectivity index is 2.03. The topological polar surface area (TPSA) is 45.2 Å². The molecule has 1 aromatic carbocycles. The number of nitrogens with one attached hydrogen (secondary N) is 1. The Bertz CT molecular complexity index is 714. The molecular formula is C17H18F3N3O. The summed E-state index contributed by atoms with van der Waals surface area (Å²) in [5, 5.41) is 2.59. The van der Waals surface area contributed by atoms with Crippen molar-refractivity contribution in [1.82, 2.24) is 15.2 Å². The molecule has 0 atom stereocenters. The Kier molecular flexibility index (Phi) is 5.56. The summed E-state index contributed by atoms with van der Waals surface area (Å²) in [4.78, 5) is 17.4. The summed E-state index contributed by atoms with van der Waals surface area (Å²) in [6, 6.07) is 10.9. The SMILES string of the molecule is CN(C)Cc1cccc(CNC(=O)c2cccc(C(F)(F)F)n2)c1. The lowest BCUT2D eigenvalue weighted by atomic mass is 10.1. The lowest BCUT2D eigenvalue weighted by Crippen LogP contribution is -2.25. The molecule has 1 N–H and O–H groups in total. The lowest BCUT2D eigenvalue weighted by Gasteiger charge is -2.11. The van der Waals surface area contributed by atoms with Crippen LogP contribution in [-0.2, 0) is 19.3 Å². The fourth-order valence-corrected chi connectivity index (χ4v) is 2.20. The van der Waals surface area contributed by atoms with Gasteiger partial charge in [0.2, 0.25) is 0 Å². The lowest BCUT2D eigenvalue weighted by molar-refractivity contribution is -0.141. The quantitative estimate of drug-likeness (QED) is 0.912. The number of aromatic nitrogens is 1. The summed E-state index contributed by atoms with van der Waals surface area (Å²) in [6.45, 7) is 0.981. The smallest absolute Gasteiger partial charge is 0.347 e. The summed E-state index contributed by atoms with van der Waals surface area (Å²) in [5.41, 5.74) is 0.621. The van der Waals surface area contributed by atoms with Crippen LogP contribution in [-0.4, -0.2) is 29.9 Å². The summed E-state index contributed by atoms with van der Waals surface area (Å²) in [6.07, 6.45) is -4.57. The highest BCUT2D eigenvalue weighted by Crippen LogP contribution is 2.27. The van der Waals surface area contributed by atoms with Crippen molar-refractivity contribution in [3.05, 3.63) is 65.0 Å². The third-order valence-corrected chi connectivity index (χ3v) is 3.22. The van der Waals surface area contributed by atoms with E-state index >= 15 is 0 Å². The van der Waals surface area contributed by atoms with E-state index in [0.717, 1.165) is 23.7 Å². The molecule has 0 saturated carbocycles. The van der Waals surface area contributed by atoms with Crippen molar-refractivity contribution >= 4 is 5.91 Å². The molecule has 24 heavy (non-hydrogen) atoms. The maximum absolute atomic E-state index is 12.6. The fourth-order valence-electron chi connectivity index (χ4n) is 2.20. The first kappa shape index (κ1) is 17.9. The van der Waals surface area contributed by atoms with Gasteiger partial charge in [-0.3, -0.25) is 4.79 Å². The number of hydrogen-bond acceptors (Lipinski definition) is 3. The van der Waals surface area contributed by atoms with E-state index in [9.17, 15) is 18.0 Å². The largest absolute Gasteiger partial charge is 0.433 e. The third-order valence-electron chi connectivity index (χ3n) is 3.22. The number of rotatable bonds is 5. The van der Waals surface area contributed by atoms with Crippen LogP contribution in [0.4, 0.5) is 13.2 Å². The van der Waals surface area contributed by atoms with Crippen molar-refractivity contribution in [2.75, 3.05) is 14.1 Å². The average molecular weight is 337 g/mol. The molecule has 1 amide bonds. The second kappa shape index (κ2) is 7.44. The van der Waals surface area contributed by atoms with Gasteiger partial charge in [0.25, 0.3) is 5.91 Å². The van der Waals surface area contributed by atoms with E-state index in [1.807, 2.05) is 43.3 Å². The maximum atomic E-state index is 12.6. The van der Waals surface area contributed by atoms with Crippen molar-refractivity contribution in [2.45, 2.75) is 19.3 Å². The number of pyridine rings is 1. The van der Waals surface area contributed by atoms with Crippen LogP contribution in [0.3, 0.4) is 0 Å². The molecule has 128 valence electrons. The van der Waals surface area contributed by atoms with Crippen LogP contribution in [0.15, 0.2) is 42.5 Å². The molecule has 0 bridgehead atoms. The molecule has 1 aromatic heterocycles. The van der Waals surface area contributed by atoms with E-state index in [1.54, 1.807) is 0 Å². The first-order chi connectivity index (χ1) is 11.3. The highest BCUT2D eigenvalue weighted by Gasteiger charge is 2.32. The van der Waals surface area contributed by atoms with Gasteiger partial charge in [-0.2, -0.15) is 13.2 Å². The van der Waals surface area contributed by atoms with Crippen LogP contribution in [0, 0.1) is 0 Å². The number of carbonyl (C=O) groups is 1. The highest BCUT2D eigenvalue weighted by atomic mass is 19.4. The Morgan fingerprint density at radius 2 is 1.79 bits per heavy atom. The Morgan fingerprint density at radius 3 is 2.46 bits per heavy atom. The minimum Gasteiger partial charge on any atom is -0.347 e. The molecule has 0 radical (unpaired) electrons. The van der Waals surface area contributed by atoms with E-state index < -0.39 is 17.8 Å². The van der Waals surface area contributed by atoms with Gasteiger partial charge in [-0.1, -0.05) is 30.3 Å². The van der Waals surface area contributed by atoms with E-state index in [1.165, 1.54) is 12.1 Å². The van der Waals surface area contributed by atoms with Crippen molar-refractivity contribution in [1.29, 1.82) is 0 Å². The summed E-state index contributed by atoms with van der Waals surface area (Å²) in [5.74, 6) is -0.640. The normalized spacial score (nSPS) is 11.6. The van der Waals surface area contributed by atoms with Crippen LogP contribution in [0.1, 0.15) is 27.3 Å². The molecular weight excluding hydrogens is 319 g/mol. The number of hydrogen-bond donors (Lipinski definition) is 1. The standard InChI is InChI=1S/C17H18F3N3O/c1-23(2)11-13-6-3-5-12(9-13)10-21-16(24)14-7-4-8-15(22-14)17(18,19)20/h3-9H,10-11H2,1-2H3,(H,21,24). The minimum absolute atomic E-state index is 0.220. The van der Waals surface area contributed by atoms with Crippen molar-refractivity contribution in [3.8, 4) is 0 Å². The second-order valence-electron chi connectivity index (χ2n) is 5.65. The van der Waals surface area contributed by atoms with Gasteiger partial charge >= 0.3 is 6.18 Å². The average Bonchev–Trinajstić information content (AvgIpc) is 2.51. The van der Waals surface area contributed by atoms with Crippen molar-refractivity contribution in [2.24, 2.45) is 0 Å². The molecule has 0 aliphatic carbocycles. The number of amides is 1. The number of nitrogens with zero attached hydrogens (tertiary/aromatic N) is 2. The molecule has 0 saturated heterocycles. The predicted octanol–water partition coefficient (Wildman–Crippen LogP) is 3.09. The maximum Gasteiger partial charge on any atom is 0.433 e. The third kappa shape index (κ3) is 5.06. The Hall–Kier alpha value is -2.41. The molecule has 0 fully saturated rings. The first-order valence-electron chi connectivity index (χ1n) is 7.30. The van der Waals surface area contributed by atoms with Gasteiger partial charge in [0, 0.05) is 13.1 Å². The van der Waals surface area contributed by atoms with E-state index in [4.69, 9.17) is 0 Å². The number of benzene rings is 1. The molecule has 2 aromatic rings. The van der Waals surface area contributed by atoms with Crippen molar-refractivity contribution < 1.29 is 18.0 Å². The van der Waals surface area contributed by atoms with Gasteiger partial charge in [-0.15, -0.1) is 0 Å². The second-order valence-corrected chi connectivity index (χ2v) is 5.65. The van der Waals surface area contributed by atoms with Crippen LogP contribution >= 0.6 is 0 Å². The summed E-state index contributed by atoms with van der Waals surface area (Å²) in [7, 11) is 3.90. The van der Waals surface area contributed by atoms with Crippen LogP contribution < -0.4 is 5.32 Å². The van der Waals surface area contributed by atoms with Gasteiger partial charge in [0.05, 0.1) is 0 Å². The van der Waals surface area contributed by atoms with Gasteiger partial charge in [0.1, 0.15) is 11.4 Å². The zero-order valence-corrected chi connectivity index (χ0v) is 13.4. The number of carbonyl (C=O) groups excluding carboxylic acids is 1. The molecule has 4 nitrogen and oxygen atoms in total. The van der Waals surface area contributed by atoms with Gasteiger partial charge in [0.15, 0.2) is 0 Å². The van der Waals surface area contributed by atoms with E-state index in [0.29, 0.717) is 0 Å². The van der Waals surface area contributed by atoms with Crippen LogP contribution in [0.2, 0.25) is 0 Å². The fraction of sp³-hybridized carbons (Fsp3) is 0.294. The predicted molar refractivity (Wildman–Crippen MR) is 84.2 cm³/mol. The highest BCUT2D eigenvalue weighted by molar-refractivity contribution is 5.92.